The molecule has 0 amide bonds. The van der Waals surface area contributed by atoms with Crippen LogP contribution in [-0.4, -0.2) is 70.8 Å². The van der Waals surface area contributed by atoms with Crippen molar-refractivity contribution >= 4 is 23.2 Å². The molecule has 5 atom stereocenters. The van der Waals surface area contributed by atoms with E-state index in [1.54, 1.807) is 0 Å². The Morgan fingerprint density at radius 2 is 1.94 bits per heavy atom. The van der Waals surface area contributed by atoms with Crippen LogP contribution in [0.5, 0.6) is 0 Å². The summed E-state index contributed by atoms with van der Waals surface area (Å²) in [4.78, 5) is 2.30. The van der Waals surface area contributed by atoms with Gasteiger partial charge in [0.15, 0.2) is 0 Å². The SMILES string of the molecule is OCC1CN(CC2CC(Cl)C(Cl)CC2O)CCN1. The first-order valence-corrected chi connectivity index (χ1v) is 7.50. The van der Waals surface area contributed by atoms with Crippen molar-refractivity contribution in [2.24, 2.45) is 5.92 Å². The van der Waals surface area contributed by atoms with Crippen LogP contribution in [0.15, 0.2) is 0 Å². The second-order valence-electron chi connectivity index (χ2n) is 5.42. The molecular formula is C12H22Cl2N2O2. The van der Waals surface area contributed by atoms with Gasteiger partial charge in [-0.2, -0.15) is 0 Å². The average molecular weight is 297 g/mol. The molecule has 2 fully saturated rings. The Labute approximate surface area is 118 Å². The number of hydrogen-bond donors (Lipinski definition) is 3. The maximum absolute atomic E-state index is 10.1. The first-order chi connectivity index (χ1) is 8.60. The average Bonchev–Trinajstić information content (AvgIpc) is 2.36. The third-order valence-corrected chi connectivity index (χ3v) is 5.08. The predicted octanol–water partition coefficient (Wildman–Crippen LogP) is 0.238. The highest BCUT2D eigenvalue weighted by atomic mass is 35.5. The molecule has 1 saturated carbocycles. The molecule has 0 bridgehead atoms. The van der Waals surface area contributed by atoms with Gasteiger partial charge in [0.1, 0.15) is 0 Å². The van der Waals surface area contributed by atoms with Crippen LogP contribution < -0.4 is 5.32 Å². The van der Waals surface area contributed by atoms with Gasteiger partial charge in [-0.25, -0.2) is 0 Å². The van der Waals surface area contributed by atoms with Crippen molar-refractivity contribution in [1.82, 2.24) is 10.2 Å². The fourth-order valence-corrected chi connectivity index (χ4v) is 3.49. The second kappa shape index (κ2) is 6.73. The molecule has 18 heavy (non-hydrogen) atoms. The van der Waals surface area contributed by atoms with E-state index in [0.717, 1.165) is 32.6 Å². The third kappa shape index (κ3) is 3.71. The molecule has 0 aromatic carbocycles. The van der Waals surface area contributed by atoms with Gasteiger partial charge in [-0.05, 0) is 18.8 Å². The lowest BCUT2D eigenvalue weighted by Crippen LogP contribution is -2.54. The topological polar surface area (TPSA) is 55.7 Å². The molecule has 3 N–H and O–H groups in total. The Balaban J connectivity index is 1.84. The molecule has 2 rings (SSSR count). The molecule has 2 aliphatic rings. The molecule has 0 aromatic heterocycles. The summed E-state index contributed by atoms with van der Waals surface area (Å²) in [5.41, 5.74) is 0. The standard InChI is InChI=1S/C12H22Cl2N2O2/c13-10-3-8(12(18)4-11(10)14)5-16-2-1-15-9(6-16)7-17/h8-12,15,17-18H,1-7H2. The maximum atomic E-state index is 10.1. The Kier molecular flexibility index (Phi) is 5.54. The molecule has 0 aromatic rings. The van der Waals surface area contributed by atoms with Gasteiger partial charge in [-0.3, -0.25) is 0 Å². The van der Waals surface area contributed by atoms with Crippen LogP contribution in [0.3, 0.4) is 0 Å². The highest BCUT2D eigenvalue weighted by Gasteiger charge is 2.35. The van der Waals surface area contributed by atoms with E-state index in [9.17, 15) is 5.11 Å². The highest BCUT2D eigenvalue weighted by Crippen LogP contribution is 2.32. The number of halogens is 2. The van der Waals surface area contributed by atoms with Gasteiger partial charge in [0.2, 0.25) is 0 Å². The number of alkyl halides is 2. The van der Waals surface area contributed by atoms with Gasteiger partial charge in [0.25, 0.3) is 0 Å². The van der Waals surface area contributed by atoms with Crippen molar-refractivity contribution < 1.29 is 10.2 Å². The fraction of sp³-hybridized carbons (Fsp3) is 1.00. The smallest absolute Gasteiger partial charge is 0.0597 e. The Morgan fingerprint density at radius 1 is 1.22 bits per heavy atom. The van der Waals surface area contributed by atoms with Crippen LogP contribution in [0.1, 0.15) is 12.8 Å². The van der Waals surface area contributed by atoms with E-state index in [0.29, 0.717) is 6.42 Å². The van der Waals surface area contributed by atoms with Crippen molar-refractivity contribution in [3.63, 3.8) is 0 Å². The zero-order valence-corrected chi connectivity index (χ0v) is 11.9. The third-order valence-electron chi connectivity index (χ3n) is 3.98. The number of piperazine rings is 1. The number of rotatable bonds is 3. The second-order valence-corrected chi connectivity index (χ2v) is 6.55. The molecule has 0 spiro atoms. The molecule has 6 heteroatoms. The summed E-state index contributed by atoms with van der Waals surface area (Å²) < 4.78 is 0. The zero-order valence-electron chi connectivity index (χ0n) is 10.4. The predicted molar refractivity (Wildman–Crippen MR) is 73.3 cm³/mol. The summed E-state index contributed by atoms with van der Waals surface area (Å²) in [5.74, 6) is 0.194. The van der Waals surface area contributed by atoms with Gasteiger partial charge in [-0.1, -0.05) is 0 Å². The number of aliphatic hydroxyl groups excluding tert-OH is 2. The molecule has 5 unspecified atom stereocenters. The molecule has 1 aliphatic heterocycles. The normalized spacial score (nSPS) is 43.0. The van der Waals surface area contributed by atoms with Crippen LogP contribution in [0.4, 0.5) is 0 Å². The van der Waals surface area contributed by atoms with Crippen molar-refractivity contribution in [2.45, 2.75) is 35.7 Å². The Bertz CT molecular complexity index is 270. The maximum Gasteiger partial charge on any atom is 0.0597 e. The number of hydrogen-bond acceptors (Lipinski definition) is 4. The first kappa shape index (κ1) is 14.8. The molecule has 1 aliphatic carbocycles. The lowest BCUT2D eigenvalue weighted by atomic mass is 9.85. The molecule has 0 radical (unpaired) electrons. The molecular weight excluding hydrogens is 275 g/mol. The van der Waals surface area contributed by atoms with Crippen molar-refractivity contribution in [3.8, 4) is 0 Å². The van der Waals surface area contributed by atoms with E-state index in [1.807, 2.05) is 0 Å². The van der Waals surface area contributed by atoms with E-state index >= 15 is 0 Å². The summed E-state index contributed by atoms with van der Waals surface area (Å²) in [6.45, 7) is 3.67. The van der Waals surface area contributed by atoms with Crippen molar-refractivity contribution in [3.05, 3.63) is 0 Å². The number of nitrogens with one attached hydrogen (secondary N) is 1. The van der Waals surface area contributed by atoms with Gasteiger partial charge in [0.05, 0.1) is 23.5 Å². The Hall–Kier alpha value is 0.420. The van der Waals surface area contributed by atoms with Crippen LogP contribution in [-0.2, 0) is 0 Å². The van der Waals surface area contributed by atoms with Gasteiger partial charge >= 0.3 is 0 Å². The summed E-state index contributed by atoms with van der Waals surface area (Å²) in [5, 5.41) is 22.3. The lowest BCUT2D eigenvalue weighted by Gasteiger charge is -2.39. The van der Waals surface area contributed by atoms with E-state index in [4.69, 9.17) is 28.3 Å². The minimum Gasteiger partial charge on any atom is -0.395 e. The quantitative estimate of drug-likeness (QED) is 0.653. The molecule has 1 heterocycles. The van der Waals surface area contributed by atoms with E-state index in [1.165, 1.54) is 0 Å². The molecule has 1 saturated heterocycles. The summed E-state index contributed by atoms with van der Waals surface area (Å²) in [6, 6.07) is 0.145. The number of aliphatic hydroxyl groups is 2. The molecule has 4 nitrogen and oxygen atoms in total. The van der Waals surface area contributed by atoms with E-state index in [-0.39, 0.29) is 35.4 Å². The largest absolute Gasteiger partial charge is 0.395 e. The van der Waals surface area contributed by atoms with Crippen LogP contribution in [0.2, 0.25) is 0 Å². The Morgan fingerprint density at radius 3 is 2.67 bits per heavy atom. The molecule has 106 valence electrons. The highest BCUT2D eigenvalue weighted by molar-refractivity contribution is 6.30. The van der Waals surface area contributed by atoms with Crippen LogP contribution in [0, 0.1) is 5.92 Å². The minimum atomic E-state index is -0.357. The van der Waals surface area contributed by atoms with Crippen LogP contribution >= 0.6 is 23.2 Å². The van der Waals surface area contributed by atoms with Crippen LogP contribution in [0.25, 0.3) is 0 Å². The fourth-order valence-electron chi connectivity index (χ4n) is 2.88. The summed E-state index contributed by atoms with van der Waals surface area (Å²) in [7, 11) is 0. The zero-order chi connectivity index (χ0) is 13.1. The van der Waals surface area contributed by atoms with Gasteiger partial charge in [0, 0.05) is 32.2 Å². The van der Waals surface area contributed by atoms with Crippen molar-refractivity contribution in [2.75, 3.05) is 32.8 Å². The van der Waals surface area contributed by atoms with E-state index in [2.05, 4.69) is 10.2 Å². The van der Waals surface area contributed by atoms with Gasteiger partial charge < -0.3 is 20.4 Å². The minimum absolute atomic E-state index is 0.0448. The first-order valence-electron chi connectivity index (χ1n) is 6.63. The van der Waals surface area contributed by atoms with Gasteiger partial charge in [-0.15, -0.1) is 23.2 Å². The van der Waals surface area contributed by atoms with E-state index < -0.39 is 0 Å². The summed E-state index contributed by atoms with van der Waals surface area (Å²) >= 11 is 12.3. The summed E-state index contributed by atoms with van der Waals surface area (Å²) in [6.07, 6.45) is 0.991. The lowest BCUT2D eigenvalue weighted by molar-refractivity contribution is 0.0391. The van der Waals surface area contributed by atoms with Crippen molar-refractivity contribution in [1.29, 1.82) is 0 Å². The number of nitrogens with zero attached hydrogens (tertiary/aromatic N) is 1. The monoisotopic (exact) mass is 296 g/mol.